The maximum Gasteiger partial charge on any atom is 0.416 e. The van der Waals surface area contributed by atoms with Crippen LogP contribution >= 0.6 is 0 Å². The smallest absolute Gasteiger partial charge is 0.416 e. The van der Waals surface area contributed by atoms with Gasteiger partial charge in [-0.2, -0.15) is 13.2 Å². The lowest BCUT2D eigenvalue weighted by molar-refractivity contribution is -0.137. The van der Waals surface area contributed by atoms with Crippen LogP contribution in [0.5, 0.6) is 11.5 Å². The van der Waals surface area contributed by atoms with E-state index in [1.165, 1.54) is 12.1 Å². The van der Waals surface area contributed by atoms with E-state index in [0.717, 1.165) is 22.7 Å². The van der Waals surface area contributed by atoms with Crippen LogP contribution in [-0.4, -0.2) is 21.9 Å². The minimum Gasteiger partial charge on any atom is -0.457 e. The van der Waals surface area contributed by atoms with Gasteiger partial charge in [-0.15, -0.1) is 0 Å². The van der Waals surface area contributed by atoms with Crippen LogP contribution in [0.1, 0.15) is 16.7 Å². The van der Waals surface area contributed by atoms with E-state index in [0.29, 0.717) is 30.2 Å². The van der Waals surface area contributed by atoms with Gasteiger partial charge in [0.15, 0.2) is 0 Å². The molecule has 0 atom stereocenters. The quantitative estimate of drug-likeness (QED) is 0.423. The SMILES string of the molecule is CN(Cc1ccc(Oc2ccc3nc[nH]c3c2)cc1)Cc1cccc(C(F)(F)F)c1. The fourth-order valence-electron chi connectivity index (χ4n) is 3.30. The second-order valence-electron chi connectivity index (χ2n) is 7.20. The molecule has 4 nitrogen and oxygen atoms in total. The van der Waals surface area contributed by atoms with Crippen LogP contribution < -0.4 is 4.74 Å². The number of aromatic amines is 1. The molecule has 0 aliphatic carbocycles. The maximum absolute atomic E-state index is 12.9. The Balaban J connectivity index is 1.37. The van der Waals surface area contributed by atoms with Crippen molar-refractivity contribution in [1.82, 2.24) is 14.9 Å². The number of imidazole rings is 1. The number of alkyl halides is 3. The summed E-state index contributed by atoms with van der Waals surface area (Å²) in [5.74, 6) is 1.42. The highest BCUT2D eigenvalue weighted by Crippen LogP contribution is 2.30. The Morgan fingerprint density at radius 2 is 1.63 bits per heavy atom. The lowest BCUT2D eigenvalue weighted by atomic mass is 10.1. The minimum atomic E-state index is -4.33. The number of H-pyrrole nitrogens is 1. The Hall–Kier alpha value is -3.32. The summed E-state index contributed by atoms with van der Waals surface area (Å²) in [6.45, 7) is 1.03. The van der Waals surface area contributed by atoms with Gasteiger partial charge in [0.2, 0.25) is 0 Å². The highest BCUT2D eigenvalue weighted by atomic mass is 19.4. The van der Waals surface area contributed by atoms with Gasteiger partial charge in [0, 0.05) is 19.2 Å². The molecule has 3 aromatic carbocycles. The molecule has 0 radical (unpaired) electrons. The highest BCUT2D eigenvalue weighted by Gasteiger charge is 2.30. The molecule has 0 bridgehead atoms. The maximum atomic E-state index is 12.9. The van der Waals surface area contributed by atoms with Crippen molar-refractivity contribution < 1.29 is 17.9 Å². The average molecular weight is 411 g/mol. The van der Waals surface area contributed by atoms with Crippen molar-refractivity contribution in [2.24, 2.45) is 0 Å². The zero-order valence-electron chi connectivity index (χ0n) is 16.3. The van der Waals surface area contributed by atoms with E-state index in [-0.39, 0.29) is 0 Å². The molecule has 30 heavy (non-hydrogen) atoms. The van der Waals surface area contributed by atoms with Crippen molar-refractivity contribution in [2.75, 3.05) is 7.05 Å². The van der Waals surface area contributed by atoms with Crippen LogP contribution in [-0.2, 0) is 19.3 Å². The van der Waals surface area contributed by atoms with E-state index in [1.807, 2.05) is 54.4 Å². The van der Waals surface area contributed by atoms with E-state index in [2.05, 4.69) is 9.97 Å². The number of ether oxygens (including phenoxy) is 1. The lowest BCUT2D eigenvalue weighted by Gasteiger charge is -2.18. The minimum absolute atomic E-state index is 0.423. The summed E-state index contributed by atoms with van der Waals surface area (Å²) in [5.41, 5.74) is 2.83. The summed E-state index contributed by atoms with van der Waals surface area (Å²) in [5, 5.41) is 0. The van der Waals surface area contributed by atoms with Gasteiger partial charge in [0.25, 0.3) is 0 Å². The van der Waals surface area contributed by atoms with E-state index < -0.39 is 11.7 Å². The molecule has 4 aromatic rings. The second-order valence-corrected chi connectivity index (χ2v) is 7.20. The molecule has 154 valence electrons. The number of fused-ring (bicyclic) bond motifs is 1. The van der Waals surface area contributed by atoms with E-state index >= 15 is 0 Å². The second kappa shape index (κ2) is 8.20. The molecule has 0 spiro atoms. The van der Waals surface area contributed by atoms with Crippen LogP contribution in [0.2, 0.25) is 0 Å². The third-order valence-electron chi connectivity index (χ3n) is 4.71. The molecule has 0 amide bonds. The number of hydrogen-bond acceptors (Lipinski definition) is 3. The number of nitrogens with zero attached hydrogens (tertiary/aromatic N) is 2. The molecule has 0 saturated heterocycles. The number of hydrogen-bond donors (Lipinski definition) is 1. The lowest BCUT2D eigenvalue weighted by Crippen LogP contribution is -2.17. The van der Waals surface area contributed by atoms with E-state index in [9.17, 15) is 13.2 Å². The van der Waals surface area contributed by atoms with Gasteiger partial charge in [-0.05, 0) is 48.5 Å². The van der Waals surface area contributed by atoms with Gasteiger partial charge >= 0.3 is 6.18 Å². The molecular formula is C23H20F3N3O. The first-order valence-electron chi connectivity index (χ1n) is 9.41. The average Bonchev–Trinajstić information content (AvgIpc) is 3.17. The summed E-state index contributed by atoms with van der Waals surface area (Å²) in [6.07, 6.45) is -2.69. The van der Waals surface area contributed by atoms with E-state index in [1.54, 1.807) is 12.4 Å². The number of benzene rings is 3. The Morgan fingerprint density at radius 1 is 0.900 bits per heavy atom. The van der Waals surface area contributed by atoms with Gasteiger partial charge in [0.05, 0.1) is 22.9 Å². The molecule has 0 aliphatic heterocycles. The van der Waals surface area contributed by atoms with Crippen molar-refractivity contribution in [1.29, 1.82) is 0 Å². The molecule has 7 heteroatoms. The van der Waals surface area contributed by atoms with Crippen molar-refractivity contribution in [3.05, 3.63) is 89.7 Å². The van der Waals surface area contributed by atoms with Gasteiger partial charge in [-0.1, -0.05) is 30.3 Å². The van der Waals surface area contributed by atoms with Crippen LogP contribution in [0.25, 0.3) is 11.0 Å². The standard InChI is InChI=1S/C23H20F3N3O/c1-29(14-17-3-2-4-18(11-17)23(24,25)26)13-16-5-7-19(8-6-16)30-20-9-10-21-22(12-20)28-15-27-21/h2-12,15H,13-14H2,1H3,(H,27,28). The number of halogens is 3. The normalized spacial score (nSPS) is 11.9. The zero-order valence-corrected chi connectivity index (χ0v) is 16.3. The first-order valence-corrected chi connectivity index (χ1v) is 9.41. The molecule has 4 rings (SSSR count). The number of rotatable bonds is 6. The molecule has 1 heterocycles. The first kappa shape index (κ1) is 20.0. The van der Waals surface area contributed by atoms with Gasteiger partial charge in [-0.3, -0.25) is 4.90 Å². The third kappa shape index (κ3) is 4.80. The van der Waals surface area contributed by atoms with Gasteiger partial charge in [0.1, 0.15) is 11.5 Å². The highest BCUT2D eigenvalue weighted by molar-refractivity contribution is 5.76. The fraction of sp³-hybridized carbons (Fsp3) is 0.174. The first-order chi connectivity index (χ1) is 14.4. The molecule has 1 N–H and O–H groups in total. The summed E-state index contributed by atoms with van der Waals surface area (Å²) in [4.78, 5) is 9.20. The fourth-order valence-corrected chi connectivity index (χ4v) is 3.30. The van der Waals surface area contributed by atoms with Crippen molar-refractivity contribution >= 4 is 11.0 Å². The zero-order chi connectivity index (χ0) is 21.1. The van der Waals surface area contributed by atoms with Crippen LogP contribution in [0.4, 0.5) is 13.2 Å². The summed E-state index contributed by atoms with van der Waals surface area (Å²) >= 11 is 0. The predicted octanol–water partition coefficient (Wildman–Crippen LogP) is 6.01. The Kier molecular flexibility index (Phi) is 5.46. The third-order valence-corrected chi connectivity index (χ3v) is 4.71. The van der Waals surface area contributed by atoms with Gasteiger partial charge in [-0.25, -0.2) is 4.98 Å². The van der Waals surface area contributed by atoms with Crippen LogP contribution in [0.15, 0.2) is 73.1 Å². The largest absolute Gasteiger partial charge is 0.457 e. The molecule has 0 unspecified atom stereocenters. The number of nitrogens with one attached hydrogen (secondary N) is 1. The summed E-state index contributed by atoms with van der Waals surface area (Å²) < 4.78 is 44.5. The van der Waals surface area contributed by atoms with Crippen LogP contribution in [0.3, 0.4) is 0 Å². The molecule has 0 saturated carbocycles. The molecule has 0 fully saturated rings. The Morgan fingerprint density at radius 3 is 2.40 bits per heavy atom. The topological polar surface area (TPSA) is 41.1 Å². The summed E-state index contributed by atoms with van der Waals surface area (Å²) in [7, 11) is 1.88. The predicted molar refractivity (Wildman–Crippen MR) is 109 cm³/mol. The van der Waals surface area contributed by atoms with Crippen molar-refractivity contribution in [3.63, 3.8) is 0 Å². The summed E-state index contributed by atoms with van der Waals surface area (Å²) in [6, 6.07) is 18.7. The number of aromatic nitrogens is 2. The van der Waals surface area contributed by atoms with Crippen molar-refractivity contribution in [3.8, 4) is 11.5 Å². The Bertz CT molecular complexity index is 1140. The van der Waals surface area contributed by atoms with Gasteiger partial charge < -0.3 is 9.72 Å². The molecular weight excluding hydrogens is 391 g/mol. The molecule has 0 aliphatic rings. The Labute approximate surface area is 171 Å². The monoisotopic (exact) mass is 411 g/mol. The van der Waals surface area contributed by atoms with Crippen molar-refractivity contribution in [2.45, 2.75) is 19.3 Å². The van der Waals surface area contributed by atoms with Crippen LogP contribution in [0, 0.1) is 0 Å². The molecule has 1 aromatic heterocycles. The van der Waals surface area contributed by atoms with E-state index in [4.69, 9.17) is 4.74 Å².